The minimum absolute atomic E-state index is 0.0586. The fourth-order valence-corrected chi connectivity index (χ4v) is 3.38. The fraction of sp³-hybridized carbons (Fsp3) is 0.333. The zero-order valence-electron chi connectivity index (χ0n) is 16.7. The van der Waals surface area contributed by atoms with Crippen molar-refractivity contribution in [3.05, 3.63) is 59.1 Å². The van der Waals surface area contributed by atoms with E-state index in [-0.39, 0.29) is 6.03 Å². The molecule has 156 valence electrons. The maximum Gasteiger partial charge on any atom is 0.317 e. The van der Waals surface area contributed by atoms with Gasteiger partial charge in [0, 0.05) is 55.9 Å². The van der Waals surface area contributed by atoms with E-state index in [1.807, 2.05) is 48.2 Å². The van der Waals surface area contributed by atoms with Crippen molar-refractivity contribution in [2.24, 2.45) is 0 Å². The van der Waals surface area contributed by atoms with Crippen molar-refractivity contribution >= 4 is 23.4 Å². The molecule has 0 saturated carbocycles. The number of hydrogen-bond acceptors (Lipinski definition) is 6. The number of rotatable bonds is 5. The summed E-state index contributed by atoms with van der Waals surface area (Å²) in [5.74, 6) is 2.03. The molecule has 1 fully saturated rings. The standard InChI is InChI=1S/C21H23ClN6O2/c1-2-19-25-20(26-30-19)16-5-8-18(23-14-16)27-9-11-28(12-10-27)21(29)24-13-15-3-6-17(22)7-4-15/h3-8,14H,2,9-13H2,1H3,(H,24,29). The second-order valence-electron chi connectivity index (χ2n) is 7.03. The molecule has 2 aromatic heterocycles. The molecule has 0 atom stereocenters. The van der Waals surface area contributed by atoms with E-state index in [4.69, 9.17) is 16.1 Å². The van der Waals surface area contributed by atoms with Gasteiger partial charge in [0.05, 0.1) is 0 Å². The zero-order valence-corrected chi connectivity index (χ0v) is 17.5. The molecule has 1 aliphatic heterocycles. The van der Waals surface area contributed by atoms with Gasteiger partial charge in [-0.1, -0.05) is 35.8 Å². The number of piperazine rings is 1. The van der Waals surface area contributed by atoms with E-state index in [9.17, 15) is 4.79 Å². The van der Waals surface area contributed by atoms with Crippen LogP contribution in [0.4, 0.5) is 10.6 Å². The number of nitrogens with one attached hydrogen (secondary N) is 1. The van der Waals surface area contributed by atoms with Crippen molar-refractivity contribution < 1.29 is 9.32 Å². The quantitative estimate of drug-likeness (QED) is 0.673. The summed E-state index contributed by atoms with van der Waals surface area (Å²) in [4.78, 5) is 25.3. The maximum atomic E-state index is 12.4. The number of amides is 2. The summed E-state index contributed by atoms with van der Waals surface area (Å²) in [6.07, 6.45) is 2.46. The molecule has 3 aromatic rings. The Morgan fingerprint density at radius 1 is 1.13 bits per heavy atom. The van der Waals surface area contributed by atoms with E-state index < -0.39 is 0 Å². The Morgan fingerprint density at radius 2 is 1.90 bits per heavy atom. The van der Waals surface area contributed by atoms with E-state index in [1.54, 1.807) is 6.20 Å². The van der Waals surface area contributed by atoms with Gasteiger partial charge in [-0.25, -0.2) is 9.78 Å². The van der Waals surface area contributed by atoms with Gasteiger partial charge in [-0.05, 0) is 29.8 Å². The molecule has 0 bridgehead atoms. The van der Waals surface area contributed by atoms with Crippen molar-refractivity contribution in [2.75, 3.05) is 31.1 Å². The molecule has 8 nitrogen and oxygen atoms in total. The van der Waals surface area contributed by atoms with Crippen LogP contribution in [0.3, 0.4) is 0 Å². The number of aryl methyl sites for hydroxylation is 1. The molecule has 1 aliphatic rings. The summed E-state index contributed by atoms with van der Waals surface area (Å²) >= 11 is 5.89. The van der Waals surface area contributed by atoms with Crippen LogP contribution in [-0.2, 0) is 13.0 Å². The smallest absolute Gasteiger partial charge is 0.317 e. The van der Waals surface area contributed by atoms with Crippen molar-refractivity contribution in [3.63, 3.8) is 0 Å². The Kier molecular flexibility index (Phi) is 6.13. The highest BCUT2D eigenvalue weighted by Gasteiger charge is 2.22. The van der Waals surface area contributed by atoms with E-state index in [1.165, 1.54) is 0 Å². The van der Waals surface area contributed by atoms with Crippen LogP contribution >= 0.6 is 11.6 Å². The van der Waals surface area contributed by atoms with Crippen LogP contribution in [0.15, 0.2) is 47.1 Å². The SMILES string of the molecule is CCc1nc(-c2ccc(N3CCN(C(=O)NCc4ccc(Cl)cc4)CC3)nc2)no1. The third-order valence-electron chi connectivity index (χ3n) is 5.02. The first kappa shape index (κ1) is 20.2. The number of nitrogens with zero attached hydrogens (tertiary/aromatic N) is 5. The third kappa shape index (κ3) is 4.71. The maximum absolute atomic E-state index is 12.4. The monoisotopic (exact) mass is 426 g/mol. The van der Waals surface area contributed by atoms with Crippen LogP contribution in [-0.4, -0.2) is 52.2 Å². The Bertz CT molecular complexity index is 981. The molecular weight excluding hydrogens is 404 g/mol. The lowest BCUT2D eigenvalue weighted by molar-refractivity contribution is 0.194. The molecule has 0 spiro atoms. The minimum Gasteiger partial charge on any atom is -0.353 e. The Morgan fingerprint density at radius 3 is 2.53 bits per heavy atom. The molecule has 0 unspecified atom stereocenters. The lowest BCUT2D eigenvalue weighted by Gasteiger charge is -2.35. The first-order valence-electron chi connectivity index (χ1n) is 9.93. The number of benzene rings is 1. The number of anilines is 1. The molecule has 4 rings (SSSR count). The van der Waals surface area contributed by atoms with Gasteiger partial charge in [-0.3, -0.25) is 0 Å². The van der Waals surface area contributed by atoms with Gasteiger partial charge in [0.15, 0.2) is 0 Å². The van der Waals surface area contributed by atoms with E-state index in [0.29, 0.717) is 42.8 Å². The van der Waals surface area contributed by atoms with E-state index >= 15 is 0 Å². The number of urea groups is 1. The second-order valence-corrected chi connectivity index (χ2v) is 7.47. The molecular formula is C21H23ClN6O2. The molecule has 0 radical (unpaired) electrons. The number of halogens is 1. The Balaban J connectivity index is 1.28. The van der Waals surface area contributed by atoms with Crippen LogP contribution in [0.1, 0.15) is 18.4 Å². The molecule has 3 heterocycles. The number of pyridine rings is 1. The summed E-state index contributed by atoms with van der Waals surface area (Å²) in [5.41, 5.74) is 1.84. The predicted octanol–water partition coefficient (Wildman–Crippen LogP) is 3.38. The van der Waals surface area contributed by atoms with Gasteiger partial charge >= 0.3 is 6.03 Å². The van der Waals surface area contributed by atoms with Crippen molar-refractivity contribution in [3.8, 4) is 11.4 Å². The van der Waals surface area contributed by atoms with Crippen LogP contribution in [0.2, 0.25) is 5.02 Å². The summed E-state index contributed by atoms with van der Waals surface area (Å²) in [5, 5.41) is 7.62. The number of aromatic nitrogens is 3. The summed E-state index contributed by atoms with van der Waals surface area (Å²) in [6.45, 7) is 5.18. The lowest BCUT2D eigenvalue weighted by Crippen LogP contribution is -2.51. The second kappa shape index (κ2) is 9.13. The minimum atomic E-state index is -0.0586. The number of carbonyl (C=O) groups excluding carboxylic acids is 1. The fourth-order valence-electron chi connectivity index (χ4n) is 3.25. The topological polar surface area (TPSA) is 87.4 Å². The van der Waals surface area contributed by atoms with Crippen LogP contribution in [0.5, 0.6) is 0 Å². The first-order chi connectivity index (χ1) is 14.6. The number of hydrogen-bond donors (Lipinski definition) is 1. The van der Waals surface area contributed by atoms with Gasteiger partial charge in [0.25, 0.3) is 0 Å². The molecule has 30 heavy (non-hydrogen) atoms. The zero-order chi connectivity index (χ0) is 20.9. The molecule has 0 aliphatic carbocycles. The van der Waals surface area contributed by atoms with E-state index in [0.717, 1.165) is 30.0 Å². The van der Waals surface area contributed by atoms with Gasteiger partial charge < -0.3 is 19.6 Å². The highest BCUT2D eigenvalue weighted by atomic mass is 35.5. The average Bonchev–Trinajstić information content (AvgIpc) is 3.28. The predicted molar refractivity (Wildman–Crippen MR) is 114 cm³/mol. The van der Waals surface area contributed by atoms with Crippen molar-refractivity contribution in [1.29, 1.82) is 0 Å². The Labute approximate surface area is 179 Å². The molecule has 1 N–H and O–H groups in total. The largest absolute Gasteiger partial charge is 0.353 e. The van der Waals surface area contributed by atoms with Crippen LogP contribution in [0, 0.1) is 0 Å². The molecule has 9 heteroatoms. The van der Waals surface area contributed by atoms with Gasteiger partial charge in [-0.15, -0.1) is 0 Å². The summed E-state index contributed by atoms with van der Waals surface area (Å²) in [6, 6.07) is 11.3. The molecule has 2 amide bonds. The molecule has 1 aromatic carbocycles. The normalized spacial score (nSPS) is 14.1. The highest BCUT2D eigenvalue weighted by molar-refractivity contribution is 6.30. The van der Waals surface area contributed by atoms with Crippen molar-refractivity contribution in [2.45, 2.75) is 19.9 Å². The van der Waals surface area contributed by atoms with Crippen LogP contribution < -0.4 is 10.2 Å². The first-order valence-corrected chi connectivity index (χ1v) is 10.3. The van der Waals surface area contributed by atoms with Gasteiger partial charge in [0.2, 0.25) is 11.7 Å². The van der Waals surface area contributed by atoms with Gasteiger partial charge in [-0.2, -0.15) is 4.98 Å². The summed E-state index contributed by atoms with van der Waals surface area (Å²) in [7, 11) is 0. The highest BCUT2D eigenvalue weighted by Crippen LogP contribution is 2.20. The lowest BCUT2D eigenvalue weighted by atomic mass is 10.2. The number of carbonyl (C=O) groups is 1. The molecule has 1 saturated heterocycles. The Hall–Kier alpha value is -3.13. The van der Waals surface area contributed by atoms with Crippen molar-refractivity contribution in [1.82, 2.24) is 25.3 Å². The van der Waals surface area contributed by atoms with E-state index in [2.05, 4.69) is 25.3 Å². The summed E-state index contributed by atoms with van der Waals surface area (Å²) < 4.78 is 5.15. The third-order valence-corrected chi connectivity index (χ3v) is 5.28. The average molecular weight is 427 g/mol. The van der Waals surface area contributed by atoms with Gasteiger partial charge in [0.1, 0.15) is 5.82 Å². The van der Waals surface area contributed by atoms with Crippen LogP contribution in [0.25, 0.3) is 11.4 Å².